The third kappa shape index (κ3) is 4.43. The number of likely N-dealkylation sites (tertiary alicyclic amines) is 1. The Hall–Kier alpha value is -3.06. The van der Waals surface area contributed by atoms with Gasteiger partial charge < -0.3 is 24.4 Å². The van der Waals surface area contributed by atoms with Gasteiger partial charge in [0.2, 0.25) is 11.8 Å². The minimum atomic E-state index is -0.653. The molecule has 7 heteroatoms. The molecule has 0 spiro atoms. The summed E-state index contributed by atoms with van der Waals surface area (Å²) in [5.41, 5.74) is 2.81. The number of nitrogens with one attached hydrogen (secondary N) is 1. The van der Waals surface area contributed by atoms with Crippen molar-refractivity contribution in [2.24, 2.45) is 0 Å². The van der Waals surface area contributed by atoms with Gasteiger partial charge in [-0.1, -0.05) is 30.3 Å². The Morgan fingerprint density at radius 2 is 2.03 bits per heavy atom. The van der Waals surface area contributed by atoms with Crippen molar-refractivity contribution in [2.75, 3.05) is 27.3 Å². The highest BCUT2D eigenvalue weighted by Crippen LogP contribution is 2.39. The van der Waals surface area contributed by atoms with Crippen LogP contribution in [0, 0.1) is 6.92 Å². The topological polar surface area (TPSA) is 77.1 Å². The van der Waals surface area contributed by atoms with Crippen LogP contribution >= 0.6 is 0 Å². The van der Waals surface area contributed by atoms with E-state index in [0.717, 1.165) is 29.5 Å². The van der Waals surface area contributed by atoms with Crippen molar-refractivity contribution in [3.8, 4) is 11.5 Å². The van der Waals surface area contributed by atoms with Crippen molar-refractivity contribution in [3.05, 3.63) is 59.2 Å². The number of amides is 2. The van der Waals surface area contributed by atoms with Gasteiger partial charge in [-0.25, -0.2) is 0 Å². The standard InChI is InChI=1S/C25H30N2O5/c1-16-7-4-5-8-19(16)24(25(29)26-2)27-15-18(14-22(27)28)17-10-11-20(30-3)21(13-17)32-23-9-6-12-31-23/h4-5,7-8,10-11,13,18,23-24H,6,9,12,14-15H2,1-3H3,(H,26,29)/t18-,23?,24?/m1/s1. The lowest BCUT2D eigenvalue weighted by molar-refractivity contribution is -0.137. The first-order valence-electron chi connectivity index (χ1n) is 11.0. The van der Waals surface area contributed by atoms with Crippen LogP contribution in [-0.4, -0.2) is 50.3 Å². The number of hydrogen-bond acceptors (Lipinski definition) is 5. The van der Waals surface area contributed by atoms with E-state index in [1.165, 1.54) is 0 Å². The van der Waals surface area contributed by atoms with Crippen LogP contribution in [-0.2, 0) is 14.3 Å². The Morgan fingerprint density at radius 1 is 1.22 bits per heavy atom. The van der Waals surface area contributed by atoms with Crippen LogP contribution in [0.1, 0.15) is 47.9 Å². The van der Waals surface area contributed by atoms with Crippen LogP contribution in [0.4, 0.5) is 0 Å². The van der Waals surface area contributed by atoms with E-state index in [2.05, 4.69) is 5.32 Å². The highest BCUT2D eigenvalue weighted by atomic mass is 16.7. The molecule has 2 saturated heterocycles. The van der Waals surface area contributed by atoms with Gasteiger partial charge in [0.05, 0.1) is 13.7 Å². The van der Waals surface area contributed by atoms with Crippen LogP contribution in [0.15, 0.2) is 42.5 Å². The average Bonchev–Trinajstić information content (AvgIpc) is 3.45. The summed E-state index contributed by atoms with van der Waals surface area (Å²) < 4.78 is 17.1. The van der Waals surface area contributed by atoms with Gasteiger partial charge in [-0.3, -0.25) is 9.59 Å². The van der Waals surface area contributed by atoms with Gasteiger partial charge in [0, 0.05) is 32.4 Å². The molecule has 2 amide bonds. The quantitative estimate of drug-likeness (QED) is 0.718. The molecule has 170 valence electrons. The van der Waals surface area contributed by atoms with Crippen LogP contribution in [0.3, 0.4) is 0 Å². The molecule has 32 heavy (non-hydrogen) atoms. The number of carbonyl (C=O) groups is 2. The molecule has 7 nitrogen and oxygen atoms in total. The number of nitrogens with zero attached hydrogens (tertiary/aromatic N) is 1. The predicted octanol–water partition coefficient (Wildman–Crippen LogP) is 3.32. The molecular weight excluding hydrogens is 408 g/mol. The van der Waals surface area contributed by atoms with Crippen LogP contribution in [0.25, 0.3) is 0 Å². The fourth-order valence-corrected chi connectivity index (χ4v) is 4.51. The highest BCUT2D eigenvalue weighted by molar-refractivity contribution is 5.90. The number of methoxy groups -OCH3 is 1. The maximum absolute atomic E-state index is 13.1. The smallest absolute Gasteiger partial charge is 0.247 e. The SMILES string of the molecule is CNC(=O)C(c1ccccc1C)N1C[C@H](c2ccc(OC)c(OC3CCCO3)c2)CC1=O. The van der Waals surface area contributed by atoms with Gasteiger partial charge in [0.1, 0.15) is 6.04 Å². The molecule has 1 N–H and O–H groups in total. The number of carbonyl (C=O) groups excluding carboxylic acids is 2. The third-order valence-electron chi connectivity index (χ3n) is 6.25. The molecule has 0 saturated carbocycles. The zero-order valence-electron chi connectivity index (χ0n) is 18.8. The second-order valence-corrected chi connectivity index (χ2v) is 8.29. The Labute approximate surface area is 188 Å². The lowest BCUT2D eigenvalue weighted by Crippen LogP contribution is -2.40. The predicted molar refractivity (Wildman–Crippen MR) is 120 cm³/mol. The van der Waals surface area contributed by atoms with E-state index in [0.29, 0.717) is 31.1 Å². The largest absolute Gasteiger partial charge is 0.493 e. The molecule has 0 bridgehead atoms. The minimum Gasteiger partial charge on any atom is -0.493 e. The fraction of sp³-hybridized carbons (Fsp3) is 0.440. The molecule has 0 aliphatic carbocycles. The molecule has 3 atom stereocenters. The molecule has 2 aromatic rings. The first kappa shape index (κ1) is 22.1. The summed E-state index contributed by atoms with van der Waals surface area (Å²) in [5.74, 6) is 0.976. The van der Waals surface area contributed by atoms with Crippen LogP contribution in [0.2, 0.25) is 0 Å². The van der Waals surface area contributed by atoms with Crippen molar-refractivity contribution < 1.29 is 23.8 Å². The molecule has 0 radical (unpaired) electrons. The summed E-state index contributed by atoms with van der Waals surface area (Å²) in [5, 5.41) is 2.72. The maximum atomic E-state index is 13.1. The Bertz CT molecular complexity index is 986. The van der Waals surface area contributed by atoms with E-state index in [-0.39, 0.29) is 24.0 Å². The Balaban J connectivity index is 1.59. The zero-order valence-corrected chi connectivity index (χ0v) is 18.8. The van der Waals surface area contributed by atoms with Gasteiger partial charge in [-0.2, -0.15) is 0 Å². The zero-order chi connectivity index (χ0) is 22.7. The molecule has 2 aliphatic heterocycles. The van der Waals surface area contributed by atoms with Crippen molar-refractivity contribution in [1.82, 2.24) is 10.2 Å². The lowest BCUT2D eigenvalue weighted by atomic mass is 9.97. The number of ether oxygens (including phenoxy) is 3. The maximum Gasteiger partial charge on any atom is 0.247 e. The summed E-state index contributed by atoms with van der Waals surface area (Å²) in [6, 6.07) is 12.8. The highest BCUT2D eigenvalue weighted by Gasteiger charge is 2.39. The molecule has 4 rings (SSSR count). The molecule has 2 unspecified atom stereocenters. The Morgan fingerprint density at radius 3 is 2.72 bits per heavy atom. The van der Waals surface area contributed by atoms with Gasteiger partial charge in [0.25, 0.3) is 0 Å². The first-order valence-corrected chi connectivity index (χ1v) is 11.0. The molecule has 2 aromatic carbocycles. The molecule has 0 aromatic heterocycles. The summed E-state index contributed by atoms with van der Waals surface area (Å²) in [7, 11) is 3.21. The van der Waals surface area contributed by atoms with Crippen LogP contribution < -0.4 is 14.8 Å². The van der Waals surface area contributed by atoms with E-state index in [1.807, 2.05) is 49.4 Å². The second kappa shape index (κ2) is 9.61. The number of hydrogen-bond donors (Lipinski definition) is 1. The summed E-state index contributed by atoms with van der Waals surface area (Å²) >= 11 is 0. The van der Waals surface area contributed by atoms with Crippen molar-refractivity contribution >= 4 is 11.8 Å². The molecule has 2 aliphatic rings. The van der Waals surface area contributed by atoms with E-state index < -0.39 is 6.04 Å². The number of rotatable bonds is 7. The van der Waals surface area contributed by atoms with Gasteiger partial charge in [-0.05, 0) is 42.2 Å². The van der Waals surface area contributed by atoms with Gasteiger partial charge in [0.15, 0.2) is 17.8 Å². The average molecular weight is 439 g/mol. The number of likely N-dealkylation sites (N-methyl/N-ethyl adjacent to an activating group) is 1. The van der Waals surface area contributed by atoms with Crippen molar-refractivity contribution in [2.45, 2.75) is 44.4 Å². The number of aryl methyl sites for hydroxylation is 1. The van der Waals surface area contributed by atoms with Gasteiger partial charge in [-0.15, -0.1) is 0 Å². The van der Waals surface area contributed by atoms with E-state index in [9.17, 15) is 9.59 Å². The third-order valence-corrected chi connectivity index (χ3v) is 6.25. The van der Waals surface area contributed by atoms with Crippen molar-refractivity contribution in [1.29, 1.82) is 0 Å². The Kier molecular flexibility index (Phi) is 6.65. The first-order chi connectivity index (χ1) is 15.5. The van der Waals surface area contributed by atoms with Gasteiger partial charge >= 0.3 is 0 Å². The fourth-order valence-electron chi connectivity index (χ4n) is 4.51. The minimum absolute atomic E-state index is 0.0377. The monoisotopic (exact) mass is 438 g/mol. The summed E-state index contributed by atoms with van der Waals surface area (Å²) in [6.45, 7) is 3.11. The van der Waals surface area contributed by atoms with E-state index in [1.54, 1.807) is 19.1 Å². The van der Waals surface area contributed by atoms with E-state index >= 15 is 0 Å². The second-order valence-electron chi connectivity index (χ2n) is 8.29. The normalized spacial score (nSPS) is 21.5. The lowest BCUT2D eigenvalue weighted by Gasteiger charge is -2.28. The van der Waals surface area contributed by atoms with E-state index in [4.69, 9.17) is 14.2 Å². The molecular formula is C25H30N2O5. The molecule has 2 heterocycles. The number of benzene rings is 2. The van der Waals surface area contributed by atoms with Crippen molar-refractivity contribution in [3.63, 3.8) is 0 Å². The summed E-state index contributed by atoms with van der Waals surface area (Å²) in [6.07, 6.45) is 1.87. The molecule has 2 fully saturated rings. The van der Waals surface area contributed by atoms with Crippen LogP contribution in [0.5, 0.6) is 11.5 Å². The summed E-state index contributed by atoms with van der Waals surface area (Å²) in [4.78, 5) is 27.6.